The molecule has 0 saturated heterocycles. The van der Waals surface area contributed by atoms with Crippen LogP contribution in [0.2, 0.25) is 0 Å². The fraction of sp³-hybridized carbons (Fsp3) is 0.600. The molecule has 0 N–H and O–H groups in total. The topological polar surface area (TPSA) is 35.5 Å². The van der Waals surface area contributed by atoms with Gasteiger partial charge in [-0.3, -0.25) is 4.57 Å². The van der Waals surface area contributed by atoms with Crippen molar-refractivity contribution in [2.75, 3.05) is 13.2 Å². The Morgan fingerprint density at radius 3 is 2.25 bits per heavy atom. The summed E-state index contributed by atoms with van der Waals surface area (Å²) in [5.74, 6) is 0.0437. The molecule has 0 fully saturated rings. The smallest absolute Gasteiger partial charge is 0.306 e. The molecule has 0 aromatic rings. The molecule has 20 heavy (non-hydrogen) atoms. The van der Waals surface area contributed by atoms with Crippen molar-refractivity contribution in [3.05, 3.63) is 33.6 Å². The lowest BCUT2D eigenvalue weighted by atomic mass is 9.96. The van der Waals surface area contributed by atoms with Crippen molar-refractivity contribution in [1.29, 1.82) is 0 Å². The highest BCUT2D eigenvalue weighted by molar-refractivity contribution is 7.58. The highest BCUT2D eigenvalue weighted by Crippen LogP contribution is 2.68. The molecule has 0 spiro atoms. The van der Waals surface area contributed by atoms with E-state index in [1.807, 2.05) is 13.8 Å². The number of halogens is 1. The summed E-state index contributed by atoms with van der Waals surface area (Å²) in [6, 6.07) is 0. The third-order valence-electron chi connectivity index (χ3n) is 3.89. The highest BCUT2D eigenvalue weighted by atomic mass is 35.5. The lowest BCUT2D eigenvalue weighted by molar-refractivity contribution is 0.225. The molecule has 0 amide bonds. The summed E-state index contributed by atoms with van der Waals surface area (Å²) in [7, 11) is -3.29. The molecule has 0 aromatic heterocycles. The summed E-state index contributed by atoms with van der Waals surface area (Å²) < 4.78 is 24.0. The van der Waals surface area contributed by atoms with Crippen LogP contribution in [-0.4, -0.2) is 13.2 Å². The Morgan fingerprint density at radius 1 is 1.20 bits per heavy atom. The minimum Gasteiger partial charge on any atom is -0.306 e. The van der Waals surface area contributed by atoms with E-state index in [1.165, 1.54) is 11.1 Å². The summed E-state index contributed by atoms with van der Waals surface area (Å²) in [5.41, 5.74) is 2.56. The Labute approximate surface area is 126 Å². The number of fused-ring (bicyclic) bond motifs is 2. The summed E-state index contributed by atoms with van der Waals surface area (Å²) in [6.07, 6.45) is 5.13. The van der Waals surface area contributed by atoms with Gasteiger partial charge in [-0.15, -0.1) is 0 Å². The lowest BCUT2D eigenvalue weighted by Gasteiger charge is -2.22. The number of allylic oxidation sites excluding steroid dienone is 6. The Hall–Kier alpha value is -0.340. The van der Waals surface area contributed by atoms with Gasteiger partial charge >= 0.3 is 7.60 Å². The van der Waals surface area contributed by atoms with E-state index in [0.29, 0.717) is 23.6 Å². The van der Waals surface area contributed by atoms with Crippen molar-refractivity contribution in [2.24, 2.45) is 11.8 Å². The van der Waals surface area contributed by atoms with E-state index in [1.54, 1.807) is 0 Å². The van der Waals surface area contributed by atoms with E-state index >= 15 is 0 Å². The van der Waals surface area contributed by atoms with Crippen LogP contribution in [0.25, 0.3) is 0 Å². The van der Waals surface area contributed by atoms with Crippen molar-refractivity contribution in [2.45, 2.75) is 34.1 Å². The van der Waals surface area contributed by atoms with Crippen LogP contribution < -0.4 is 0 Å². The molecular formula is C15H22ClO3P. The third-order valence-corrected chi connectivity index (χ3v) is 6.77. The average molecular weight is 317 g/mol. The maximum atomic E-state index is 13.0. The predicted molar refractivity (Wildman–Crippen MR) is 82.8 cm³/mol. The van der Waals surface area contributed by atoms with E-state index in [-0.39, 0.29) is 11.8 Å². The van der Waals surface area contributed by atoms with Crippen LogP contribution in [0.4, 0.5) is 0 Å². The maximum Gasteiger partial charge on any atom is 0.359 e. The normalized spacial score (nSPS) is 27.6. The first kappa shape index (κ1) is 16.0. The largest absolute Gasteiger partial charge is 0.359 e. The SMILES string of the molecule is CCOP(=O)(OCC)C1=C(Cl)C2C=CC1C2=C(C)CC. The van der Waals surface area contributed by atoms with E-state index in [9.17, 15) is 4.57 Å². The van der Waals surface area contributed by atoms with Crippen LogP contribution in [-0.2, 0) is 13.6 Å². The van der Waals surface area contributed by atoms with Gasteiger partial charge < -0.3 is 9.05 Å². The molecule has 112 valence electrons. The molecule has 2 aliphatic rings. The molecule has 2 aliphatic carbocycles. The minimum atomic E-state index is -3.29. The first-order chi connectivity index (χ1) is 9.50. The summed E-state index contributed by atoms with van der Waals surface area (Å²) in [4.78, 5) is 0. The van der Waals surface area contributed by atoms with Gasteiger partial charge in [0.25, 0.3) is 0 Å². The van der Waals surface area contributed by atoms with Crippen LogP contribution >= 0.6 is 19.2 Å². The highest BCUT2D eigenvalue weighted by Gasteiger charge is 2.48. The van der Waals surface area contributed by atoms with Crippen LogP contribution in [0, 0.1) is 11.8 Å². The molecule has 2 atom stereocenters. The van der Waals surface area contributed by atoms with E-state index < -0.39 is 7.60 Å². The Kier molecular flexibility index (Phi) is 4.96. The molecule has 3 nitrogen and oxygen atoms in total. The van der Waals surface area contributed by atoms with Gasteiger partial charge in [-0.2, -0.15) is 0 Å². The first-order valence-electron chi connectivity index (χ1n) is 7.17. The van der Waals surface area contributed by atoms with Gasteiger partial charge in [0.1, 0.15) is 0 Å². The van der Waals surface area contributed by atoms with Crippen molar-refractivity contribution in [3.8, 4) is 0 Å². The number of hydrogen-bond donors (Lipinski definition) is 0. The molecular weight excluding hydrogens is 295 g/mol. The second kappa shape index (κ2) is 6.19. The van der Waals surface area contributed by atoms with Gasteiger partial charge in [-0.05, 0) is 32.8 Å². The molecule has 0 heterocycles. The van der Waals surface area contributed by atoms with Gasteiger partial charge in [0.05, 0.1) is 18.5 Å². The van der Waals surface area contributed by atoms with Crippen LogP contribution in [0.3, 0.4) is 0 Å². The molecule has 2 unspecified atom stereocenters. The van der Waals surface area contributed by atoms with Gasteiger partial charge in [0, 0.05) is 16.9 Å². The van der Waals surface area contributed by atoms with Gasteiger partial charge in [0.15, 0.2) is 0 Å². The molecule has 0 saturated carbocycles. The van der Waals surface area contributed by atoms with E-state index in [0.717, 1.165) is 6.42 Å². The van der Waals surface area contributed by atoms with Gasteiger partial charge in [-0.1, -0.05) is 36.2 Å². The van der Waals surface area contributed by atoms with Crippen molar-refractivity contribution >= 4 is 19.2 Å². The number of hydrogen-bond acceptors (Lipinski definition) is 3. The quantitative estimate of drug-likeness (QED) is 0.496. The monoisotopic (exact) mass is 316 g/mol. The van der Waals surface area contributed by atoms with Crippen LogP contribution in [0.5, 0.6) is 0 Å². The predicted octanol–water partition coefficient (Wildman–Crippen LogP) is 5.25. The second-order valence-corrected chi connectivity index (χ2v) is 7.40. The molecule has 2 rings (SSSR count). The van der Waals surface area contributed by atoms with Crippen molar-refractivity contribution < 1.29 is 13.6 Å². The third kappa shape index (κ3) is 2.46. The fourth-order valence-electron chi connectivity index (χ4n) is 2.94. The zero-order valence-electron chi connectivity index (χ0n) is 12.5. The van der Waals surface area contributed by atoms with Gasteiger partial charge in [0.2, 0.25) is 0 Å². The van der Waals surface area contributed by atoms with E-state index in [4.69, 9.17) is 20.6 Å². The zero-order chi connectivity index (χ0) is 14.9. The Morgan fingerprint density at radius 2 is 1.75 bits per heavy atom. The van der Waals surface area contributed by atoms with E-state index in [2.05, 4.69) is 26.0 Å². The van der Waals surface area contributed by atoms with Crippen molar-refractivity contribution in [3.63, 3.8) is 0 Å². The van der Waals surface area contributed by atoms with Crippen LogP contribution in [0.15, 0.2) is 33.6 Å². The molecule has 0 aromatic carbocycles. The minimum absolute atomic E-state index is 0.0172. The van der Waals surface area contributed by atoms with Crippen LogP contribution in [0.1, 0.15) is 34.1 Å². The van der Waals surface area contributed by atoms with Crippen molar-refractivity contribution in [1.82, 2.24) is 0 Å². The number of rotatable bonds is 6. The Bertz CT molecular complexity index is 523. The average Bonchev–Trinajstić information content (AvgIpc) is 2.93. The summed E-state index contributed by atoms with van der Waals surface area (Å²) in [5, 5.41) is 1.28. The molecule has 0 aliphatic heterocycles. The second-order valence-electron chi connectivity index (χ2n) is 5.00. The van der Waals surface area contributed by atoms with Gasteiger partial charge in [-0.25, -0.2) is 0 Å². The molecule has 2 bridgehead atoms. The standard InChI is InChI=1S/C15H22ClO3P/c1-5-10(4)13-11-8-9-12(13)15(14(11)16)20(17,18-6-2)19-7-3/h8-9,11-12H,5-7H2,1-4H3. The first-order valence-corrected chi connectivity index (χ1v) is 9.09. The zero-order valence-corrected chi connectivity index (χ0v) is 14.1. The fourth-order valence-corrected chi connectivity index (χ4v) is 5.56. The summed E-state index contributed by atoms with van der Waals surface area (Å²) in [6.45, 7) is 8.56. The molecule has 0 radical (unpaired) electrons. The Balaban J connectivity index is 2.46. The lowest BCUT2D eigenvalue weighted by Crippen LogP contribution is -2.05. The molecule has 5 heteroatoms. The summed E-state index contributed by atoms with van der Waals surface area (Å²) >= 11 is 6.49. The maximum absolute atomic E-state index is 13.0.